The van der Waals surface area contributed by atoms with Gasteiger partial charge in [-0.2, -0.15) is 0 Å². The average molecular weight is 249 g/mol. The number of benzene rings is 1. The monoisotopic (exact) mass is 249 g/mol. The van der Waals surface area contributed by atoms with E-state index in [2.05, 4.69) is 4.98 Å². The van der Waals surface area contributed by atoms with E-state index in [0.29, 0.717) is 18.1 Å². The molecule has 0 bridgehead atoms. The predicted molar refractivity (Wildman–Crippen MR) is 65.6 cm³/mol. The van der Waals surface area contributed by atoms with E-state index in [0.717, 1.165) is 11.1 Å². The zero-order chi connectivity index (χ0) is 13.1. The molecule has 2 rings (SSSR count). The summed E-state index contributed by atoms with van der Waals surface area (Å²) in [6.45, 7) is 2.15. The van der Waals surface area contributed by atoms with Crippen molar-refractivity contribution in [2.75, 3.05) is 13.7 Å². The molecule has 2 aromatic rings. The van der Waals surface area contributed by atoms with Crippen LogP contribution in [0.2, 0.25) is 0 Å². The van der Waals surface area contributed by atoms with Gasteiger partial charge < -0.3 is 14.3 Å². The number of carbonyl (C=O) groups is 1. The van der Waals surface area contributed by atoms with Gasteiger partial charge in [0.05, 0.1) is 13.0 Å². The summed E-state index contributed by atoms with van der Waals surface area (Å²) < 4.78 is 10.5. The number of ether oxygens (including phenoxy) is 1. The van der Waals surface area contributed by atoms with Crippen molar-refractivity contribution in [2.24, 2.45) is 0 Å². The summed E-state index contributed by atoms with van der Waals surface area (Å²) in [5, 5.41) is 8.90. The van der Waals surface area contributed by atoms with Crippen molar-refractivity contribution in [3.8, 4) is 0 Å². The Kier molecular flexibility index (Phi) is 3.62. The maximum atomic E-state index is 10.8. The minimum Gasteiger partial charge on any atom is -0.481 e. The highest BCUT2D eigenvalue weighted by atomic mass is 16.5. The van der Waals surface area contributed by atoms with Crippen molar-refractivity contribution in [2.45, 2.75) is 19.3 Å². The summed E-state index contributed by atoms with van der Waals surface area (Å²) in [6.07, 6.45) is 0.0379. The number of aromatic nitrogens is 1. The predicted octanol–water partition coefficient (Wildman–Crippen LogP) is 2.34. The van der Waals surface area contributed by atoms with Gasteiger partial charge in [0.25, 0.3) is 0 Å². The molecule has 0 fully saturated rings. The highest BCUT2D eigenvalue weighted by molar-refractivity contribution is 5.74. The fraction of sp³-hybridized carbons (Fsp3) is 0.385. The third-order valence-electron chi connectivity index (χ3n) is 2.78. The van der Waals surface area contributed by atoms with Crippen molar-refractivity contribution in [1.82, 2.24) is 4.98 Å². The summed E-state index contributed by atoms with van der Waals surface area (Å²) in [6, 6.07) is 5.53. The Morgan fingerprint density at radius 2 is 2.33 bits per heavy atom. The Hall–Kier alpha value is -1.88. The minimum absolute atomic E-state index is 0.0379. The van der Waals surface area contributed by atoms with E-state index in [1.54, 1.807) is 14.0 Å². The largest absolute Gasteiger partial charge is 0.481 e. The second-order valence-electron chi connectivity index (χ2n) is 4.21. The molecule has 96 valence electrons. The molecule has 0 saturated carbocycles. The maximum Gasteiger partial charge on any atom is 0.304 e. The van der Waals surface area contributed by atoms with Crippen LogP contribution in [0.1, 0.15) is 23.8 Å². The second kappa shape index (κ2) is 5.18. The molecule has 18 heavy (non-hydrogen) atoms. The first-order chi connectivity index (χ1) is 8.60. The molecular formula is C13H15NO4. The van der Waals surface area contributed by atoms with Crippen LogP contribution >= 0.6 is 0 Å². The maximum absolute atomic E-state index is 10.8. The van der Waals surface area contributed by atoms with E-state index >= 15 is 0 Å². The molecule has 0 amide bonds. The number of fused-ring (bicyclic) bond motifs is 1. The topological polar surface area (TPSA) is 72.6 Å². The van der Waals surface area contributed by atoms with Gasteiger partial charge in [0.1, 0.15) is 5.52 Å². The lowest BCUT2D eigenvalue weighted by Gasteiger charge is -2.13. The zero-order valence-corrected chi connectivity index (χ0v) is 10.3. The summed E-state index contributed by atoms with van der Waals surface area (Å²) in [5.41, 5.74) is 2.36. The van der Waals surface area contributed by atoms with Crippen molar-refractivity contribution >= 4 is 17.1 Å². The smallest absolute Gasteiger partial charge is 0.304 e. The minimum atomic E-state index is -0.839. The number of carboxylic acid groups (broad SMARTS) is 1. The van der Waals surface area contributed by atoms with Gasteiger partial charge in [-0.05, 0) is 17.7 Å². The van der Waals surface area contributed by atoms with Gasteiger partial charge in [0.2, 0.25) is 0 Å². The number of aliphatic carboxylic acids is 1. The fourth-order valence-electron chi connectivity index (χ4n) is 2.00. The molecule has 0 aliphatic rings. The molecule has 0 aliphatic heterocycles. The first kappa shape index (κ1) is 12.6. The summed E-state index contributed by atoms with van der Waals surface area (Å²) in [4.78, 5) is 15.1. The van der Waals surface area contributed by atoms with Gasteiger partial charge in [-0.1, -0.05) is 6.07 Å². The van der Waals surface area contributed by atoms with Crippen molar-refractivity contribution < 1.29 is 19.1 Å². The Bertz CT molecular complexity index is 561. The lowest BCUT2D eigenvalue weighted by atomic mass is 9.96. The Morgan fingerprint density at radius 3 is 3.00 bits per heavy atom. The highest BCUT2D eigenvalue weighted by Crippen LogP contribution is 2.24. The standard InChI is InChI=1S/C13H15NO4/c1-8-14-11-5-9(3-4-12(11)18-8)10(7-17-2)6-13(15)16/h3-5,10H,6-7H2,1-2H3,(H,15,16). The van der Waals surface area contributed by atoms with Crippen LogP contribution in [0.4, 0.5) is 0 Å². The molecule has 1 heterocycles. The highest BCUT2D eigenvalue weighted by Gasteiger charge is 2.16. The molecule has 0 saturated heterocycles. The van der Waals surface area contributed by atoms with E-state index in [4.69, 9.17) is 14.3 Å². The lowest BCUT2D eigenvalue weighted by Crippen LogP contribution is -2.11. The molecule has 1 unspecified atom stereocenters. The number of rotatable bonds is 5. The first-order valence-electron chi connectivity index (χ1n) is 5.68. The Morgan fingerprint density at radius 1 is 1.56 bits per heavy atom. The normalized spacial score (nSPS) is 12.8. The van der Waals surface area contributed by atoms with Gasteiger partial charge in [-0.3, -0.25) is 4.79 Å². The van der Waals surface area contributed by atoms with Gasteiger partial charge in [0, 0.05) is 20.0 Å². The Labute approximate surface area is 104 Å². The number of aryl methyl sites for hydroxylation is 1. The summed E-state index contributed by atoms with van der Waals surface area (Å²) in [7, 11) is 1.56. The quantitative estimate of drug-likeness (QED) is 0.880. The van der Waals surface area contributed by atoms with Crippen LogP contribution < -0.4 is 0 Å². The van der Waals surface area contributed by atoms with E-state index in [1.165, 1.54) is 0 Å². The third kappa shape index (κ3) is 2.68. The van der Waals surface area contributed by atoms with E-state index in [1.807, 2.05) is 18.2 Å². The van der Waals surface area contributed by atoms with Gasteiger partial charge in [-0.15, -0.1) is 0 Å². The molecule has 0 aliphatic carbocycles. The molecular weight excluding hydrogens is 234 g/mol. The van der Waals surface area contributed by atoms with Crippen LogP contribution in [0, 0.1) is 6.92 Å². The Balaban J connectivity index is 2.33. The lowest BCUT2D eigenvalue weighted by molar-refractivity contribution is -0.137. The molecule has 1 atom stereocenters. The third-order valence-corrected chi connectivity index (χ3v) is 2.78. The molecule has 0 radical (unpaired) electrons. The van der Waals surface area contributed by atoms with Gasteiger partial charge >= 0.3 is 5.97 Å². The van der Waals surface area contributed by atoms with E-state index < -0.39 is 5.97 Å². The summed E-state index contributed by atoms with van der Waals surface area (Å²) >= 11 is 0. The van der Waals surface area contributed by atoms with Crippen LogP contribution in [0.3, 0.4) is 0 Å². The molecule has 1 aromatic heterocycles. The van der Waals surface area contributed by atoms with Crippen molar-refractivity contribution in [3.05, 3.63) is 29.7 Å². The number of oxazole rings is 1. The van der Waals surface area contributed by atoms with Crippen molar-refractivity contribution in [3.63, 3.8) is 0 Å². The van der Waals surface area contributed by atoms with Crippen LogP contribution in [0.25, 0.3) is 11.1 Å². The number of hydrogen-bond acceptors (Lipinski definition) is 4. The molecule has 1 aromatic carbocycles. The second-order valence-corrected chi connectivity index (χ2v) is 4.21. The SMILES string of the molecule is COCC(CC(=O)O)c1ccc2oc(C)nc2c1. The van der Waals surface area contributed by atoms with Crippen LogP contribution in [-0.4, -0.2) is 29.8 Å². The number of hydrogen-bond donors (Lipinski definition) is 1. The number of methoxy groups -OCH3 is 1. The average Bonchev–Trinajstić information content (AvgIpc) is 2.66. The van der Waals surface area contributed by atoms with Crippen molar-refractivity contribution in [1.29, 1.82) is 0 Å². The summed E-state index contributed by atoms with van der Waals surface area (Å²) in [5.74, 6) is -0.411. The van der Waals surface area contributed by atoms with Gasteiger partial charge in [0.15, 0.2) is 11.5 Å². The first-order valence-corrected chi connectivity index (χ1v) is 5.68. The van der Waals surface area contributed by atoms with E-state index in [-0.39, 0.29) is 12.3 Å². The van der Waals surface area contributed by atoms with Crippen LogP contribution in [0.15, 0.2) is 22.6 Å². The zero-order valence-electron chi connectivity index (χ0n) is 10.3. The molecule has 5 heteroatoms. The number of nitrogens with zero attached hydrogens (tertiary/aromatic N) is 1. The van der Waals surface area contributed by atoms with Crippen LogP contribution in [0.5, 0.6) is 0 Å². The number of carboxylic acids is 1. The van der Waals surface area contributed by atoms with Crippen LogP contribution in [-0.2, 0) is 9.53 Å². The fourth-order valence-corrected chi connectivity index (χ4v) is 2.00. The molecule has 5 nitrogen and oxygen atoms in total. The molecule has 0 spiro atoms. The van der Waals surface area contributed by atoms with E-state index in [9.17, 15) is 4.79 Å². The molecule has 1 N–H and O–H groups in total. The van der Waals surface area contributed by atoms with Gasteiger partial charge in [-0.25, -0.2) is 4.98 Å².